The molecule has 0 aliphatic carbocycles. The van der Waals surface area contributed by atoms with Crippen LogP contribution >= 0.6 is 0 Å². The monoisotopic (exact) mass is 463 g/mol. The van der Waals surface area contributed by atoms with Gasteiger partial charge in [0.1, 0.15) is 11.2 Å². The minimum Gasteiger partial charge on any atom is -0.455 e. The predicted molar refractivity (Wildman–Crippen MR) is 151 cm³/mol. The first kappa shape index (κ1) is 23.6. The van der Waals surface area contributed by atoms with Crippen LogP contribution in [-0.4, -0.2) is 0 Å². The second-order valence-electron chi connectivity index (χ2n) is 10.9. The highest BCUT2D eigenvalue weighted by Crippen LogP contribution is 2.45. The summed E-state index contributed by atoms with van der Waals surface area (Å²) in [7, 11) is 0. The Morgan fingerprint density at radius 3 is 1.09 bits per heavy atom. The molecule has 1 heterocycles. The third-order valence-corrected chi connectivity index (χ3v) is 9.49. The van der Waals surface area contributed by atoms with E-state index in [1.54, 1.807) is 0 Å². The van der Waals surface area contributed by atoms with Gasteiger partial charge in [0.05, 0.1) is 5.36 Å². The minimum absolute atomic E-state index is 0.642. The molecule has 5 rings (SSSR count). The smallest absolute Gasteiger partial charge is 0.143 e. The number of rotatable bonds is 0. The molecule has 2 nitrogen and oxygen atoms in total. The second kappa shape index (κ2) is 7.43. The van der Waals surface area contributed by atoms with Gasteiger partial charge in [-0.1, -0.05) is 0 Å². The molecule has 0 fully saturated rings. The fourth-order valence-electron chi connectivity index (χ4n) is 6.65. The summed E-state index contributed by atoms with van der Waals surface area (Å²) in [5.74, 6) is 0. The zero-order valence-corrected chi connectivity index (χ0v) is 23.4. The van der Waals surface area contributed by atoms with Gasteiger partial charge in [0.25, 0.3) is 0 Å². The van der Waals surface area contributed by atoms with Crippen LogP contribution in [0.25, 0.3) is 43.5 Å². The van der Waals surface area contributed by atoms with E-state index in [1.807, 2.05) is 0 Å². The van der Waals surface area contributed by atoms with Crippen LogP contribution in [0.3, 0.4) is 0 Å². The normalized spacial score (nSPS) is 12.1. The molecular weight excluding hydrogens is 426 g/mol. The molecule has 0 radical (unpaired) electrons. The van der Waals surface area contributed by atoms with Crippen molar-refractivity contribution in [3.05, 3.63) is 72.1 Å². The van der Waals surface area contributed by atoms with Gasteiger partial charge in [-0.15, -0.1) is 0 Å². The summed E-state index contributed by atoms with van der Waals surface area (Å²) in [6.07, 6.45) is 0. The molecular formula is C33H37NO. The summed E-state index contributed by atoms with van der Waals surface area (Å²) in [4.78, 5) is 0. The summed E-state index contributed by atoms with van der Waals surface area (Å²) in [5.41, 5.74) is 17.1. The van der Waals surface area contributed by atoms with Crippen molar-refractivity contribution < 1.29 is 4.42 Å². The number of hydrogen-bond donors (Lipinski definition) is 1. The highest BCUT2D eigenvalue weighted by Gasteiger charge is 2.24. The Morgan fingerprint density at radius 2 is 0.629 bits per heavy atom. The lowest BCUT2D eigenvalue weighted by Crippen LogP contribution is -2.13. The Morgan fingerprint density at radius 1 is 0.314 bits per heavy atom. The zero-order chi connectivity index (χ0) is 25.8. The van der Waals surface area contributed by atoms with E-state index in [1.165, 1.54) is 82.4 Å². The van der Waals surface area contributed by atoms with Gasteiger partial charge in [-0.3, -0.25) is 0 Å². The molecule has 4 aromatic carbocycles. The van der Waals surface area contributed by atoms with Gasteiger partial charge >= 0.3 is 0 Å². The van der Waals surface area contributed by atoms with E-state index >= 15 is 0 Å². The molecule has 35 heavy (non-hydrogen) atoms. The summed E-state index contributed by atoms with van der Waals surface area (Å²) >= 11 is 0. The lowest BCUT2D eigenvalue weighted by Gasteiger charge is -2.23. The van der Waals surface area contributed by atoms with Gasteiger partial charge < -0.3 is 9.83 Å². The molecule has 0 aliphatic heterocycles. The maximum atomic E-state index is 8.74. The molecule has 0 amide bonds. The molecule has 0 spiro atoms. The average Bonchev–Trinajstić information content (AvgIpc) is 2.82. The number of nitrogens with one attached hydrogen (secondary N) is 1. The predicted octanol–water partition coefficient (Wildman–Crippen LogP) is 9.07. The van der Waals surface area contributed by atoms with Crippen molar-refractivity contribution >= 4 is 43.5 Å². The number of hydrogen-bond acceptors (Lipinski definition) is 2. The van der Waals surface area contributed by atoms with Crippen molar-refractivity contribution in [3.8, 4) is 0 Å². The van der Waals surface area contributed by atoms with Gasteiger partial charge in [0.2, 0.25) is 0 Å². The molecule has 180 valence electrons. The Labute approximate surface area is 208 Å². The average molecular weight is 464 g/mol. The van der Waals surface area contributed by atoms with Crippen molar-refractivity contribution in [2.75, 3.05) is 0 Å². The fraction of sp³-hybridized carbons (Fsp3) is 0.364. The molecule has 0 bridgehead atoms. The van der Waals surface area contributed by atoms with E-state index < -0.39 is 0 Å². The Balaban J connectivity index is 2.26. The van der Waals surface area contributed by atoms with E-state index in [9.17, 15) is 0 Å². The number of benzene rings is 4. The van der Waals surface area contributed by atoms with Crippen molar-refractivity contribution in [3.63, 3.8) is 0 Å². The zero-order valence-electron chi connectivity index (χ0n) is 23.4. The third-order valence-electron chi connectivity index (χ3n) is 9.49. The highest BCUT2D eigenvalue weighted by molar-refractivity contribution is 6.19. The first-order valence-corrected chi connectivity index (χ1v) is 12.7. The lowest BCUT2D eigenvalue weighted by atomic mass is 9.83. The molecule has 0 saturated heterocycles. The van der Waals surface area contributed by atoms with E-state index in [0.29, 0.717) is 5.36 Å². The van der Waals surface area contributed by atoms with E-state index in [4.69, 9.17) is 9.83 Å². The second-order valence-corrected chi connectivity index (χ2v) is 10.9. The summed E-state index contributed by atoms with van der Waals surface area (Å²) < 4.78 is 7.13. The van der Waals surface area contributed by atoms with Crippen LogP contribution in [0.2, 0.25) is 0 Å². The maximum Gasteiger partial charge on any atom is 0.143 e. The van der Waals surface area contributed by atoms with Crippen LogP contribution in [0, 0.1) is 88.5 Å². The standard InChI is InChI=1S/C33H37NO/c1-13-14(2)16(4)29-25(15(13)3)17(5)19(7)27-23(11)28-20(8)18(6)26-24(12)31(34)22(10)21(9)30(26)33(28)35-32(27)29/h34H,1-12H3. The lowest BCUT2D eigenvalue weighted by molar-refractivity contribution is 0.666. The Kier molecular flexibility index (Phi) is 5.01. The van der Waals surface area contributed by atoms with Crippen LogP contribution in [-0.2, 0) is 0 Å². The van der Waals surface area contributed by atoms with Crippen LogP contribution in [0.1, 0.15) is 66.8 Å². The van der Waals surface area contributed by atoms with Gasteiger partial charge in [-0.05, 0) is 161 Å². The Hall–Kier alpha value is -3.13. The maximum absolute atomic E-state index is 8.74. The van der Waals surface area contributed by atoms with Crippen molar-refractivity contribution in [1.29, 1.82) is 5.41 Å². The molecule has 0 aliphatic rings. The number of aryl methyl sites for hydroxylation is 9. The molecule has 0 unspecified atom stereocenters. The molecule has 2 heteroatoms. The van der Waals surface area contributed by atoms with Gasteiger partial charge in [0, 0.05) is 21.5 Å². The minimum atomic E-state index is 0.642. The molecule has 0 atom stereocenters. The van der Waals surface area contributed by atoms with Gasteiger partial charge in [-0.25, -0.2) is 0 Å². The summed E-state index contributed by atoms with van der Waals surface area (Å²) in [6.45, 7) is 26.5. The first-order chi connectivity index (χ1) is 16.3. The van der Waals surface area contributed by atoms with E-state index in [-0.39, 0.29) is 0 Å². The molecule has 1 N–H and O–H groups in total. The highest BCUT2D eigenvalue weighted by atomic mass is 16.3. The summed E-state index contributed by atoms with van der Waals surface area (Å²) in [6, 6.07) is 0. The Bertz CT molecular complexity index is 1860. The summed E-state index contributed by atoms with van der Waals surface area (Å²) in [5, 5.41) is 16.8. The molecule has 0 saturated carbocycles. The van der Waals surface area contributed by atoms with Crippen molar-refractivity contribution in [2.45, 2.75) is 83.1 Å². The largest absolute Gasteiger partial charge is 0.455 e. The van der Waals surface area contributed by atoms with Crippen molar-refractivity contribution in [1.82, 2.24) is 0 Å². The topological polar surface area (TPSA) is 37.0 Å². The third kappa shape index (κ3) is 2.74. The molecule has 5 aromatic rings. The van der Waals surface area contributed by atoms with E-state index in [2.05, 4.69) is 83.1 Å². The van der Waals surface area contributed by atoms with Crippen LogP contribution in [0.4, 0.5) is 0 Å². The van der Waals surface area contributed by atoms with E-state index in [0.717, 1.165) is 27.9 Å². The fourth-order valence-corrected chi connectivity index (χ4v) is 6.65. The van der Waals surface area contributed by atoms with Crippen LogP contribution < -0.4 is 5.36 Å². The first-order valence-electron chi connectivity index (χ1n) is 12.7. The SMILES string of the molecule is Cc1c(C)c(C)c2c(c1C)c(C)c(C)c1c(C)c3c(C)c(C)c4c(C)c(=N)c(C)c(C)c4c3oc12. The van der Waals surface area contributed by atoms with Crippen LogP contribution in [0.5, 0.6) is 0 Å². The van der Waals surface area contributed by atoms with Crippen molar-refractivity contribution in [2.24, 2.45) is 0 Å². The quantitative estimate of drug-likeness (QED) is 0.180. The number of fused-ring (bicyclic) bond motifs is 6. The van der Waals surface area contributed by atoms with Crippen LogP contribution in [0.15, 0.2) is 4.42 Å². The van der Waals surface area contributed by atoms with Gasteiger partial charge in [-0.2, -0.15) is 0 Å². The van der Waals surface area contributed by atoms with Gasteiger partial charge in [0.15, 0.2) is 0 Å². The molecule has 1 aromatic heterocycles.